The van der Waals surface area contributed by atoms with Gasteiger partial charge in [-0.25, -0.2) is 4.79 Å². The smallest absolute Gasteiger partial charge is 0.330 e. The molecule has 0 spiro atoms. The first-order valence-electron chi connectivity index (χ1n) is 7.66. The van der Waals surface area contributed by atoms with Crippen LogP contribution in [0.25, 0.3) is 0 Å². The Morgan fingerprint density at radius 3 is 2.22 bits per heavy atom. The van der Waals surface area contributed by atoms with Gasteiger partial charge in [0.2, 0.25) is 0 Å². The number of nitriles is 1. The lowest BCUT2D eigenvalue weighted by atomic mass is 9.73. The highest BCUT2D eigenvalue weighted by Gasteiger charge is 2.41. The highest BCUT2D eigenvalue weighted by atomic mass is 16.7. The van der Waals surface area contributed by atoms with Crippen molar-refractivity contribution in [1.29, 1.82) is 5.26 Å². The van der Waals surface area contributed by atoms with Gasteiger partial charge in [0.05, 0.1) is 29.0 Å². The monoisotopic (exact) mass is 312 g/mol. The number of fused-ring (bicyclic) bond motifs is 1. The van der Waals surface area contributed by atoms with E-state index in [1.54, 1.807) is 12.1 Å². The summed E-state index contributed by atoms with van der Waals surface area (Å²) in [4.78, 5) is 41.4. The summed E-state index contributed by atoms with van der Waals surface area (Å²) in [5, 5.41) is 9.89. The molecule has 1 saturated carbocycles. The van der Waals surface area contributed by atoms with Crippen molar-refractivity contribution in [3.05, 3.63) is 35.4 Å². The van der Waals surface area contributed by atoms with Gasteiger partial charge >= 0.3 is 5.97 Å². The molecule has 0 aromatic heterocycles. The molecular formula is C17H16N2O4. The molecule has 0 bridgehead atoms. The lowest BCUT2D eigenvalue weighted by Crippen LogP contribution is -2.35. The molecule has 6 heteroatoms. The minimum absolute atomic E-state index is 0.100. The molecule has 1 aliphatic carbocycles. The molecule has 23 heavy (non-hydrogen) atoms. The van der Waals surface area contributed by atoms with Crippen LogP contribution in [0.2, 0.25) is 0 Å². The van der Waals surface area contributed by atoms with E-state index in [0.717, 1.165) is 19.3 Å². The van der Waals surface area contributed by atoms with E-state index >= 15 is 0 Å². The molecular weight excluding hydrogens is 296 g/mol. The van der Waals surface area contributed by atoms with Gasteiger partial charge in [-0.05, 0) is 25.0 Å². The topological polar surface area (TPSA) is 87.5 Å². The second-order valence-corrected chi connectivity index (χ2v) is 6.04. The Morgan fingerprint density at radius 1 is 1.13 bits per heavy atom. The zero-order valence-corrected chi connectivity index (χ0v) is 12.6. The van der Waals surface area contributed by atoms with Crippen LogP contribution < -0.4 is 0 Å². The number of hydrogen-bond donors (Lipinski definition) is 0. The first kappa shape index (κ1) is 15.2. The van der Waals surface area contributed by atoms with Gasteiger partial charge in [-0.2, -0.15) is 5.26 Å². The van der Waals surface area contributed by atoms with E-state index in [2.05, 4.69) is 6.07 Å². The van der Waals surface area contributed by atoms with E-state index < -0.39 is 23.2 Å². The van der Waals surface area contributed by atoms with E-state index in [0.29, 0.717) is 17.9 Å². The number of nitrogens with zero attached hydrogens (tertiary/aromatic N) is 2. The molecule has 1 fully saturated rings. The summed E-state index contributed by atoms with van der Waals surface area (Å²) in [7, 11) is 0. The fourth-order valence-corrected chi connectivity index (χ4v) is 3.22. The zero-order valence-electron chi connectivity index (χ0n) is 12.6. The van der Waals surface area contributed by atoms with Crippen molar-refractivity contribution >= 4 is 17.8 Å². The van der Waals surface area contributed by atoms with Crippen molar-refractivity contribution in [2.75, 3.05) is 0 Å². The van der Waals surface area contributed by atoms with Gasteiger partial charge < -0.3 is 4.84 Å². The lowest BCUT2D eigenvalue weighted by molar-refractivity contribution is -0.171. The number of hydroxylamine groups is 2. The Balaban J connectivity index is 1.71. The van der Waals surface area contributed by atoms with Crippen LogP contribution in [0.4, 0.5) is 0 Å². The fourth-order valence-electron chi connectivity index (χ4n) is 3.22. The Labute approximate surface area is 133 Å². The number of hydrogen-bond acceptors (Lipinski definition) is 5. The van der Waals surface area contributed by atoms with Gasteiger partial charge in [-0.3, -0.25) is 9.59 Å². The van der Waals surface area contributed by atoms with E-state index in [1.807, 2.05) is 0 Å². The fraction of sp³-hybridized carbons (Fsp3) is 0.412. The minimum Gasteiger partial charge on any atom is -0.330 e. The second kappa shape index (κ2) is 5.84. The van der Waals surface area contributed by atoms with Crippen molar-refractivity contribution in [1.82, 2.24) is 5.06 Å². The average Bonchev–Trinajstić information content (AvgIpc) is 2.81. The maximum absolute atomic E-state index is 12.2. The summed E-state index contributed by atoms with van der Waals surface area (Å²) >= 11 is 0. The van der Waals surface area contributed by atoms with Crippen LogP contribution in [0.15, 0.2) is 24.3 Å². The van der Waals surface area contributed by atoms with E-state index in [-0.39, 0.29) is 17.5 Å². The van der Waals surface area contributed by atoms with Crippen molar-refractivity contribution < 1.29 is 19.2 Å². The van der Waals surface area contributed by atoms with Crippen LogP contribution in [0.1, 0.15) is 59.2 Å². The molecule has 0 N–H and O–H groups in total. The maximum Gasteiger partial charge on any atom is 0.334 e. The van der Waals surface area contributed by atoms with Crippen molar-refractivity contribution in [2.45, 2.75) is 38.5 Å². The van der Waals surface area contributed by atoms with E-state index in [1.165, 1.54) is 12.1 Å². The molecule has 0 radical (unpaired) electrons. The molecule has 118 valence electrons. The Kier molecular flexibility index (Phi) is 3.87. The molecule has 1 heterocycles. The van der Waals surface area contributed by atoms with Crippen molar-refractivity contribution in [2.24, 2.45) is 5.41 Å². The average molecular weight is 312 g/mol. The predicted molar refractivity (Wildman–Crippen MR) is 78.8 cm³/mol. The molecule has 1 aromatic rings. The van der Waals surface area contributed by atoms with Gasteiger partial charge in [0, 0.05) is 0 Å². The van der Waals surface area contributed by atoms with Crippen LogP contribution >= 0.6 is 0 Å². The Morgan fingerprint density at radius 2 is 1.70 bits per heavy atom. The van der Waals surface area contributed by atoms with Gasteiger partial charge in [0.1, 0.15) is 0 Å². The normalized spacial score (nSPS) is 19.2. The standard InChI is InChI=1S/C17H16N2O4/c18-11-17(8-4-1-5-9-17)10-14(20)23-19-15(21)12-6-2-3-7-13(12)16(19)22/h2-3,6-7H,1,4-5,8-10H2. The Hall–Kier alpha value is -2.68. The molecule has 2 aliphatic rings. The molecule has 1 aliphatic heterocycles. The largest absolute Gasteiger partial charge is 0.334 e. The van der Waals surface area contributed by atoms with Crippen LogP contribution in [-0.4, -0.2) is 22.8 Å². The summed E-state index contributed by atoms with van der Waals surface area (Å²) < 4.78 is 0. The highest BCUT2D eigenvalue weighted by Crippen LogP contribution is 2.39. The molecule has 3 rings (SSSR count). The molecule has 0 atom stereocenters. The third kappa shape index (κ3) is 2.70. The summed E-state index contributed by atoms with van der Waals surface area (Å²) in [5.41, 5.74) is -0.301. The molecule has 2 amide bonds. The third-order valence-corrected chi connectivity index (χ3v) is 4.48. The van der Waals surface area contributed by atoms with Gasteiger partial charge in [-0.15, -0.1) is 0 Å². The first-order chi connectivity index (χ1) is 11.1. The number of carbonyl (C=O) groups excluding carboxylic acids is 3. The number of carbonyl (C=O) groups is 3. The quantitative estimate of drug-likeness (QED) is 0.801. The number of amides is 2. The zero-order chi connectivity index (χ0) is 16.4. The number of imide groups is 1. The van der Waals surface area contributed by atoms with Gasteiger partial charge in [0.15, 0.2) is 0 Å². The summed E-state index contributed by atoms with van der Waals surface area (Å²) in [5.74, 6) is -2.01. The second-order valence-electron chi connectivity index (χ2n) is 6.04. The summed E-state index contributed by atoms with van der Waals surface area (Å²) in [6.07, 6.45) is 4.02. The van der Waals surface area contributed by atoms with E-state index in [9.17, 15) is 19.6 Å². The van der Waals surface area contributed by atoms with Crippen LogP contribution in [0.5, 0.6) is 0 Å². The maximum atomic E-state index is 12.2. The molecule has 6 nitrogen and oxygen atoms in total. The number of benzene rings is 1. The third-order valence-electron chi connectivity index (χ3n) is 4.48. The summed E-state index contributed by atoms with van der Waals surface area (Å²) in [6, 6.07) is 8.54. The van der Waals surface area contributed by atoms with Gasteiger partial charge in [-0.1, -0.05) is 36.5 Å². The molecule has 0 unspecified atom stereocenters. The van der Waals surface area contributed by atoms with Crippen molar-refractivity contribution in [3.63, 3.8) is 0 Å². The lowest BCUT2D eigenvalue weighted by Gasteiger charge is -2.29. The first-order valence-corrected chi connectivity index (χ1v) is 7.66. The minimum atomic E-state index is -0.742. The van der Waals surface area contributed by atoms with Gasteiger partial charge in [0.25, 0.3) is 11.8 Å². The highest BCUT2D eigenvalue weighted by molar-refractivity contribution is 6.20. The number of rotatable bonds is 3. The van der Waals surface area contributed by atoms with E-state index in [4.69, 9.17) is 4.84 Å². The van der Waals surface area contributed by atoms with Crippen LogP contribution in [0, 0.1) is 16.7 Å². The van der Waals surface area contributed by atoms with Crippen LogP contribution in [0.3, 0.4) is 0 Å². The SMILES string of the molecule is N#CC1(CC(=O)ON2C(=O)c3ccccc3C2=O)CCCCC1. The summed E-state index contributed by atoms with van der Waals surface area (Å²) in [6.45, 7) is 0. The van der Waals surface area contributed by atoms with Crippen LogP contribution in [-0.2, 0) is 9.63 Å². The molecule has 1 aromatic carbocycles. The van der Waals surface area contributed by atoms with Crippen molar-refractivity contribution in [3.8, 4) is 6.07 Å². The Bertz CT molecular complexity index is 679. The molecule has 0 saturated heterocycles. The predicted octanol–water partition coefficient (Wildman–Crippen LogP) is 2.60.